The van der Waals surface area contributed by atoms with Crippen LogP contribution in [0, 0.1) is 11.3 Å². The third-order valence-corrected chi connectivity index (χ3v) is 4.64. The summed E-state index contributed by atoms with van der Waals surface area (Å²) in [5, 5.41) is 12.7. The van der Waals surface area contributed by atoms with Crippen LogP contribution in [0.4, 0.5) is 0 Å². The van der Waals surface area contributed by atoms with Crippen molar-refractivity contribution in [1.29, 1.82) is 5.26 Å². The smallest absolute Gasteiger partial charge is 0.252 e. The molecule has 134 valence electrons. The maximum atomic E-state index is 12.5. The monoisotopic (exact) mass is 359 g/mol. The summed E-state index contributed by atoms with van der Waals surface area (Å²) in [4.78, 5) is 18.2. The molecule has 0 saturated heterocycles. The van der Waals surface area contributed by atoms with Crippen LogP contribution in [0.25, 0.3) is 11.1 Å². The third-order valence-electron chi connectivity index (χ3n) is 4.64. The molecule has 0 bridgehead atoms. The number of amides is 1. The van der Waals surface area contributed by atoms with Crippen LogP contribution in [0.15, 0.2) is 48.8 Å². The molecule has 0 N–H and O–H groups in total. The van der Waals surface area contributed by atoms with E-state index in [1.165, 1.54) is 11.0 Å². The van der Waals surface area contributed by atoms with Crippen molar-refractivity contribution in [2.24, 2.45) is 0 Å². The van der Waals surface area contributed by atoms with Crippen LogP contribution in [0.1, 0.15) is 17.0 Å². The van der Waals surface area contributed by atoms with E-state index in [2.05, 4.69) is 28.3 Å². The number of hydrogen-bond donors (Lipinski definition) is 0. The molecule has 7 nitrogen and oxygen atoms in total. The first kappa shape index (κ1) is 16.8. The Balaban J connectivity index is 1.48. The van der Waals surface area contributed by atoms with Gasteiger partial charge < -0.3 is 9.64 Å². The predicted octanol–water partition coefficient (Wildman–Crippen LogP) is 2.37. The van der Waals surface area contributed by atoms with Crippen LogP contribution in [0.3, 0.4) is 0 Å². The predicted molar refractivity (Wildman–Crippen MR) is 97.4 cm³/mol. The van der Waals surface area contributed by atoms with Crippen LogP contribution in [0.2, 0.25) is 0 Å². The Morgan fingerprint density at radius 1 is 1.15 bits per heavy atom. The summed E-state index contributed by atoms with van der Waals surface area (Å²) >= 11 is 0. The summed E-state index contributed by atoms with van der Waals surface area (Å²) in [6.45, 7) is 1.23. The van der Waals surface area contributed by atoms with Crippen molar-refractivity contribution in [3.8, 4) is 22.9 Å². The zero-order valence-corrected chi connectivity index (χ0v) is 14.8. The van der Waals surface area contributed by atoms with Crippen molar-refractivity contribution < 1.29 is 9.53 Å². The van der Waals surface area contributed by atoms with Gasteiger partial charge in [-0.25, -0.2) is 9.67 Å². The Hall–Kier alpha value is -3.66. The normalized spacial score (nSPS) is 12.5. The van der Waals surface area contributed by atoms with E-state index in [4.69, 9.17) is 10.00 Å². The summed E-state index contributed by atoms with van der Waals surface area (Å²) in [7, 11) is 1.65. The summed E-state index contributed by atoms with van der Waals surface area (Å²) < 4.78 is 6.60. The highest BCUT2D eigenvalue weighted by Gasteiger charge is 2.24. The van der Waals surface area contributed by atoms with Gasteiger partial charge in [0.25, 0.3) is 5.82 Å². The van der Waals surface area contributed by atoms with Gasteiger partial charge in [0.05, 0.1) is 7.11 Å². The largest absolute Gasteiger partial charge is 0.497 e. The number of hydrogen-bond acceptors (Lipinski definition) is 5. The minimum atomic E-state index is -0.0495. The zero-order chi connectivity index (χ0) is 18.8. The van der Waals surface area contributed by atoms with Gasteiger partial charge >= 0.3 is 0 Å². The number of rotatable bonds is 4. The fourth-order valence-electron chi connectivity index (χ4n) is 3.19. The number of aromatic nitrogens is 3. The van der Waals surface area contributed by atoms with Gasteiger partial charge in [0, 0.05) is 13.1 Å². The van der Waals surface area contributed by atoms with Crippen molar-refractivity contribution in [2.75, 3.05) is 7.11 Å². The van der Waals surface area contributed by atoms with Gasteiger partial charge in [0.2, 0.25) is 5.91 Å². The highest BCUT2D eigenvalue weighted by molar-refractivity contribution is 5.77. The number of ether oxygens (including phenoxy) is 1. The molecule has 4 rings (SSSR count). The molecule has 2 aromatic carbocycles. The first-order chi connectivity index (χ1) is 13.2. The molecule has 27 heavy (non-hydrogen) atoms. The van der Waals surface area contributed by atoms with Gasteiger partial charge in [-0.3, -0.25) is 4.79 Å². The van der Waals surface area contributed by atoms with Gasteiger partial charge in [-0.15, -0.1) is 5.10 Å². The first-order valence-electron chi connectivity index (χ1n) is 8.50. The Kier molecular flexibility index (Phi) is 4.30. The molecule has 1 aliphatic heterocycles. The Bertz CT molecular complexity index is 1030. The topological polar surface area (TPSA) is 84.0 Å². The molecule has 0 spiro atoms. The standard InChI is InChI=1S/C20H17N5O2/c1-27-18-6-4-14(5-7-18)15-2-3-16-10-24(11-17(16)8-15)20(26)12-25-13-22-19(9-21)23-25/h2-8,13H,10-12H2,1H3. The molecule has 2 heterocycles. The highest BCUT2D eigenvalue weighted by atomic mass is 16.5. The van der Waals surface area contributed by atoms with Crippen molar-refractivity contribution in [2.45, 2.75) is 19.6 Å². The van der Waals surface area contributed by atoms with Crippen molar-refractivity contribution in [1.82, 2.24) is 19.7 Å². The number of fused-ring (bicyclic) bond motifs is 1. The van der Waals surface area contributed by atoms with E-state index in [-0.39, 0.29) is 18.3 Å². The molecule has 0 unspecified atom stereocenters. The molecule has 1 amide bonds. The van der Waals surface area contributed by atoms with Gasteiger partial charge in [-0.05, 0) is 40.5 Å². The SMILES string of the molecule is COc1ccc(-c2ccc3c(c2)CN(C(=O)Cn2cnc(C#N)n2)C3)cc1. The second-order valence-electron chi connectivity index (χ2n) is 6.34. The second kappa shape index (κ2) is 6.92. The summed E-state index contributed by atoms with van der Waals surface area (Å²) in [5.74, 6) is 0.840. The second-order valence-corrected chi connectivity index (χ2v) is 6.34. The zero-order valence-electron chi connectivity index (χ0n) is 14.8. The Labute approximate surface area is 156 Å². The highest BCUT2D eigenvalue weighted by Crippen LogP contribution is 2.29. The minimum Gasteiger partial charge on any atom is -0.497 e. The van der Waals surface area contributed by atoms with E-state index in [0.717, 1.165) is 28.0 Å². The molecular weight excluding hydrogens is 342 g/mol. The number of carbonyl (C=O) groups is 1. The lowest BCUT2D eigenvalue weighted by Crippen LogP contribution is -2.29. The average molecular weight is 359 g/mol. The third kappa shape index (κ3) is 3.37. The summed E-state index contributed by atoms with van der Waals surface area (Å²) in [5.41, 5.74) is 4.51. The van der Waals surface area contributed by atoms with Crippen LogP contribution < -0.4 is 4.74 Å². The Morgan fingerprint density at radius 3 is 2.59 bits per heavy atom. The van der Waals surface area contributed by atoms with E-state index in [1.54, 1.807) is 12.0 Å². The van der Waals surface area contributed by atoms with E-state index < -0.39 is 0 Å². The fraction of sp³-hybridized carbons (Fsp3) is 0.200. The average Bonchev–Trinajstić information content (AvgIpc) is 3.34. The number of benzene rings is 2. The molecule has 1 aromatic heterocycles. The molecule has 7 heteroatoms. The maximum Gasteiger partial charge on any atom is 0.252 e. The van der Waals surface area contributed by atoms with Gasteiger partial charge in [0.1, 0.15) is 24.7 Å². The molecule has 1 aliphatic rings. The van der Waals surface area contributed by atoms with Crippen LogP contribution in [0.5, 0.6) is 5.75 Å². The fourth-order valence-corrected chi connectivity index (χ4v) is 3.19. The lowest BCUT2D eigenvalue weighted by atomic mass is 10.0. The van der Waals surface area contributed by atoms with Crippen molar-refractivity contribution >= 4 is 5.91 Å². The van der Waals surface area contributed by atoms with Crippen LogP contribution >= 0.6 is 0 Å². The molecule has 0 aliphatic carbocycles. The van der Waals surface area contributed by atoms with Crippen LogP contribution in [-0.4, -0.2) is 32.7 Å². The molecule has 3 aromatic rings. The number of nitrogens with zero attached hydrogens (tertiary/aromatic N) is 5. The first-order valence-corrected chi connectivity index (χ1v) is 8.50. The number of nitriles is 1. The lowest BCUT2D eigenvalue weighted by Gasteiger charge is -2.14. The molecule has 0 fully saturated rings. The maximum absolute atomic E-state index is 12.5. The van der Waals surface area contributed by atoms with E-state index in [0.29, 0.717) is 13.1 Å². The molecule has 0 radical (unpaired) electrons. The van der Waals surface area contributed by atoms with E-state index >= 15 is 0 Å². The van der Waals surface area contributed by atoms with Crippen LogP contribution in [-0.2, 0) is 24.4 Å². The molecule has 0 atom stereocenters. The quantitative estimate of drug-likeness (QED) is 0.714. The summed E-state index contributed by atoms with van der Waals surface area (Å²) in [6, 6.07) is 16.1. The summed E-state index contributed by atoms with van der Waals surface area (Å²) in [6.07, 6.45) is 1.40. The van der Waals surface area contributed by atoms with Gasteiger partial charge in [-0.1, -0.05) is 24.3 Å². The van der Waals surface area contributed by atoms with Gasteiger partial charge in [-0.2, -0.15) is 5.26 Å². The minimum absolute atomic E-state index is 0.0495. The molecular formula is C20H17N5O2. The lowest BCUT2D eigenvalue weighted by molar-refractivity contribution is -0.132. The number of carbonyl (C=O) groups excluding carboxylic acids is 1. The van der Waals surface area contributed by atoms with Crippen molar-refractivity contribution in [3.05, 3.63) is 65.7 Å². The van der Waals surface area contributed by atoms with E-state index in [9.17, 15) is 4.79 Å². The van der Waals surface area contributed by atoms with Crippen molar-refractivity contribution in [3.63, 3.8) is 0 Å². The molecule has 0 saturated carbocycles. The number of methoxy groups -OCH3 is 1. The van der Waals surface area contributed by atoms with Gasteiger partial charge in [0.15, 0.2) is 0 Å². The Morgan fingerprint density at radius 2 is 1.89 bits per heavy atom. The van der Waals surface area contributed by atoms with E-state index in [1.807, 2.05) is 30.3 Å².